The zero-order chi connectivity index (χ0) is 10.4. The van der Waals surface area contributed by atoms with Gasteiger partial charge in [0.1, 0.15) is 6.04 Å². The van der Waals surface area contributed by atoms with E-state index in [1.165, 1.54) is 19.3 Å². The fourth-order valence-corrected chi connectivity index (χ4v) is 1.52. The quantitative estimate of drug-likeness (QED) is 0.684. The van der Waals surface area contributed by atoms with Gasteiger partial charge in [-0.2, -0.15) is 0 Å². The molecule has 1 aliphatic rings. The predicted molar refractivity (Wildman–Crippen MR) is 57.4 cm³/mol. The summed E-state index contributed by atoms with van der Waals surface area (Å²) in [5.41, 5.74) is 0. The summed E-state index contributed by atoms with van der Waals surface area (Å²) >= 11 is 0. The summed E-state index contributed by atoms with van der Waals surface area (Å²) in [7, 11) is 1.65. The molecule has 2 N–H and O–H groups in total. The fourth-order valence-electron chi connectivity index (χ4n) is 1.52. The average molecular weight is 197 g/mol. The van der Waals surface area contributed by atoms with Crippen molar-refractivity contribution in [3.63, 3.8) is 0 Å². The van der Waals surface area contributed by atoms with Crippen molar-refractivity contribution >= 4 is 11.7 Å². The number of nitrogens with one attached hydrogen (secondary N) is 2. The van der Waals surface area contributed by atoms with E-state index in [0.29, 0.717) is 0 Å². The summed E-state index contributed by atoms with van der Waals surface area (Å²) in [5.74, 6) is 0.996. The molecule has 0 aliphatic carbocycles. The highest BCUT2D eigenvalue weighted by Gasteiger charge is 2.13. The van der Waals surface area contributed by atoms with Gasteiger partial charge in [0, 0.05) is 20.0 Å². The van der Waals surface area contributed by atoms with E-state index in [4.69, 9.17) is 0 Å². The van der Waals surface area contributed by atoms with Crippen LogP contribution in [-0.2, 0) is 4.79 Å². The van der Waals surface area contributed by atoms with Crippen molar-refractivity contribution in [2.45, 2.75) is 38.6 Å². The van der Waals surface area contributed by atoms with Gasteiger partial charge in [0.05, 0.1) is 5.84 Å². The molecule has 1 atom stereocenters. The van der Waals surface area contributed by atoms with Crippen LogP contribution < -0.4 is 10.6 Å². The van der Waals surface area contributed by atoms with Gasteiger partial charge < -0.3 is 10.6 Å². The van der Waals surface area contributed by atoms with Crippen LogP contribution in [-0.4, -0.2) is 31.4 Å². The molecule has 0 aromatic rings. The molecule has 1 unspecified atom stereocenters. The number of carbonyl (C=O) groups is 1. The van der Waals surface area contributed by atoms with Gasteiger partial charge >= 0.3 is 0 Å². The number of amides is 1. The zero-order valence-corrected chi connectivity index (χ0v) is 8.97. The number of rotatable bonds is 2. The van der Waals surface area contributed by atoms with E-state index >= 15 is 0 Å². The molecule has 0 bridgehead atoms. The lowest BCUT2D eigenvalue weighted by molar-refractivity contribution is -0.121. The standard InChI is InChI=1S/C10H19N3O/c1-8(10(14)11-2)13-9-6-4-3-5-7-12-9/h8H,3-7H2,1-2H3,(H,11,14)(H,12,13). The Balaban J connectivity index is 2.41. The lowest BCUT2D eigenvalue weighted by Crippen LogP contribution is -2.43. The molecule has 0 spiro atoms. The van der Waals surface area contributed by atoms with Crippen LogP contribution in [0.4, 0.5) is 0 Å². The summed E-state index contributed by atoms with van der Waals surface area (Å²) < 4.78 is 0. The minimum atomic E-state index is -0.183. The first-order valence-corrected chi connectivity index (χ1v) is 5.25. The summed E-state index contributed by atoms with van der Waals surface area (Å²) in [6, 6.07) is -0.183. The number of likely N-dealkylation sites (N-methyl/N-ethyl adjacent to an activating group) is 1. The second-order valence-electron chi connectivity index (χ2n) is 3.62. The first-order chi connectivity index (χ1) is 6.74. The third-order valence-corrected chi connectivity index (χ3v) is 2.40. The van der Waals surface area contributed by atoms with Crippen LogP contribution in [0.5, 0.6) is 0 Å². The van der Waals surface area contributed by atoms with Gasteiger partial charge in [-0.1, -0.05) is 6.42 Å². The largest absolute Gasteiger partial charge is 0.362 e. The monoisotopic (exact) mass is 197 g/mol. The van der Waals surface area contributed by atoms with Crippen LogP contribution in [0.2, 0.25) is 0 Å². The van der Waals surface area contributed by atoms with Gasteiger partial charge in [0.15, 0.2) is 0 Å². The smallest absolute Gasteiger partial charge is 0.241 e. The highest BCUT2D eigenvalue weighted by Crippen LogP contribution is 2.06. The van der Waals surface area contributed by atoms with E-state index in [1.54, 1.807) is 7.05 Å². The third-order valence-electron chi connectivity index (χ3n) is 2.40. The number of hydrogen-bond acceptors (Lipinski definition) is 3. The Labute approximate surface area is 85.2 Å². The Morgan fingerprint density at radius 2 is 2.21 bits per heavy atom. The Hall–Kier alpha value is -1.06. The van der Waals surface area contributed by atoms with Gasteiger partial charge in [-0.15, -0.1) is 0 Å². The molecule has 0 aromatic carbocycles. The molecule has 80 valence electrons. The summed E-state index contributed by atoms with van der Waals surface area (Å²) in [6.45, 7) is 2.75. The van der Waals surface area contributed by atoms with Crippen molar-refractivity contribution in [3.05, 3.63) is 0 Å². The lowest BCUT2D eigenvalue weighted by Gasteiger charge is -2.14. The van der Waals surface area contributed by atoms with Gasteiger partial charge in [0.25, 0.3) is 0 Å². The van der Waals surface area contributed by atoms with E-state index in [2.05, 4.69) is 15.6 Å². The van der Waals surface area contributed by atoms with Crippen molar-refractivity contribution in [1.82, 2.24) is 10.6 Å². The van der Waals surface area contributed by atoms with Crippen molar-refractivity contribution in [2.24, 2.45) is 4.99 Å². The van der Waals surface area contributed by atoms with E-state index < -0.39 is 0 Å². The maximum Gasteiger partial charge on any atom is 0.241 e. The van der Waals surface area contributed by atoms with E-state index in [0.717, 1.165) is 18.8 Å². The molecule has 1 aliphatic heterocycles. The second kappa shape index (κ2) is 5.62. The predicted octanol–water partition coefficient (Wildman–Crippen LogP) is 0.683. The molecule has 0 saturated carbocycles. The maximum absolute atomic E-state index is 11.2. The highest BCUT2D eigenvalue weighted by molar-refractivity contribution is 5.89. The van der Waals surface area contributed by atoms with Crippen LogP contribution >= 0.6 is 0 Å². The summed E-state index contributed by atoms with van der Waals surface area (Å²) in [4.78, 5) is 15.6. The SMILES string of the molecule is CNC(=O)C(C)NC1=NCCCCC1. The molecule has 0 saturated heterocycles. The molecule has 1 amide bonds. The zero-order valence-electron chi connectivity index (χ0n) is 8.97. The first-order valence-electron chi connectivity index (χ1n) is 5.25. The van der Waals surface area contributed by atoms with Gasteiger partial charge in [-0.05, 0) is 19.8 Å². The average Bonchev–Trinajstić information content (AvgIpc) is 2.45. The van der Waals surface area contributed by atoms with E-state index in [-0.39, 0.29) is 11.9 Å². The Kier molecular flexibility index (Phi) is 4.43. The minimum absolute atomic E-state index is 0.0111. The van der Waals surface area contributed by atoms with Gasteiger partial charge in [-0.25, -0.2) is 0 Å². The van der Waals surface area contributed by atoms with Crippen LogP contribution in [0, 0.1) is 0 Å². The van der Waals surface area contributed by atoms with E-state index in [9.17, 15) is 4.79 Å². The molecule has 1 heterocycles. The van der Waals surface area contributed by atoms with Crippen molar-refractivity contribution in [3.8, 4) is 0 Å². The lowest BCUT2D eigenvalue weighted by atomic mass is 10.2. The maximum atomic E-state index is 11.2. The first kappa shape index (κ1) is 11.0. The number of amidine groups is 1. The topological polar surface area (TPSA) is 53.5 Å². The summed E-state index contributed by atoms with van der Waals surface area (Å²) in [6.07, 6.45) is 4.55. The molecular weight excluding hydrogens is 178 g/mol. The molecule has 1 rings (SSSR count). The Bertz CT molecular complexity index is 225. The number of carbonyl (C=O) groups excluding carboxylic acids is 1. The van der Waals surface area contributed by atoms with E-state index in [1.807, 2.05) is 6.92 Å². The van der Waals surface area contributed by atoms with Gasteiger partial charge in [-0.3, -0.25) is 9.79 Å². The number of aliphatic imine (C=N–C) groups is 1. The molecule has 4 heteroatoms. The molecule has 4 nitrogen and oxygen atoms in total. The molecule has 0 aromatic heterocycles. The van der Waals surface area contributed by atoms with Crippen molar-refractivity contribution in [1.29, 1.82) is 0 Å². The molecule has 0 radical (unpaired) electrons. The highest BCUT2D eigenvalue weighted by atomic mass is 16.2. The minimum Gasteiger partial charge on any atom is -0.362 e. The molecule has 14 heavy (non-hydrogen) atoms. The summed E-state index contributed by atoms with van der Waals surface area (Å²) in [5, 5.41) is 5.76. The normalized spacial score (nSPS) is 19.1. The molecule has 0 fully saturated rings. The Morgan fingerprint density at radius 3 is 2.93 bits per heavy atom. The number of nitrogens with zero attached hydrogens (tertiary/aromatic N) is 1. The van der Waals surface area contributed by atoms with Crippen LogP contribution in [0.15, 0.2) is 4.99 Å². The second-order valence-corrected chi connectivity index (χ2v) is 3.62. The Morgan fingerprint density at radius 1 is 1.43 bits per heavy atom. The number of hydrogen-bond donors (Lipinski definition) is 2. The third kappa shape index (κ3) is 3.36. The van der Waals surface area contributed by atoms with Crippen molar-refractivity contribution in [2.75, 3.05) is 13.6 Å². The molecular formula is C10H19N3O. The fraction of sp³-hybridized carbons (Fsp3) is 0.800. The van der Waals surface area contributed by atoms with Crippen LogP contribution in [0.1, 0.15) is 32.6 Å². The van der Waals surface area contributed by atoms with Crippen LogP contribution in [0.25, 0.3) is 0 Å². The van der Waals surface area contributed by atoms with Gasteiger partial charge in [0.2, 0.25) is 5.91 Å². The van der Waals surface area contributed by atoms with Crippen molar-refractivity contribution < 1.29 is 4.79 Å². The van der Waals surface area contributed by atoms with Crippen LogP contribution in [0.3, 0.4) is 0 Å².